The zero-order valence-electron chi connectivity index (χ0n) is 20.3. The number of benzene rings is 4. The van der Waals surface area contributed by atoms with Crippen LogP contribution in [0.25, 0.3) is 32.8 Å². The maximum atomic E-state index is 4.55. The topological polar surface area (TPSA) is 25.2 Å². The average Bonchev–Trinajstić information content (AvgIpc) is 3.46. The largest absolute Gasteiger partial charge is 0.304 e. The van der Waals surface area contributed by atoms with Gasteiger partial charge in [0.15, 0.2) is 0 Å². The summed E-state index contributed by atoms with van der Waals surface area (Å²) < 4.78 is 0. The van der Waals surface area contributed by atoms with Gasteiger partial charge in [-0.25, -0.2) is 0 Å². The van der Waals surface area contributed by atoms with Crippen LogP contribution in [-0.4, -0.2) is 17.7 Å². The second-order valence-corrected chi connectivity index (χ2v) is 8.45. The standard InChI is InChI=1S/C18H16N.C15H10N.Ir/c1-13-11-12-14-7-5-6-10-16(14)17(13)18(19-2)15-8-3-4-9-15;1-2-7-13(8-3-1)15-14-9-5-4-6-12(14)10-11-16-15;/h3-9,11-12,15H,1-2H3;1-7,9-11H;/q2*-1;. The van der Waals surface area contributed by atoms with Crippen LogP contribution >= 0.6 is 0 Å². The van der Waals surface area contributed by atoms with E-state index >= 15 is 0 Å². The quantitative estimate of drug-likeness (QED) is 0.146. The second kappa shape index (κ2) is 11.9. The summed E-state index contributed by atoms with van der Waals surface area (Å²) in [5.41, 5.74) is 5.64. The van der Waals surface area contributed by atoms with E-state index in [1.807, 2.05) is 67.8 Å². The van der Waals surface area contributed by atoms with Gasteiger partial charge in [-0.1, -0.05) is 71.8 Å². The number of fused-ring (bicyclic) bond motifs is 2. The van der Waals surface area contributed by atoms with Gasteiger partial charge in [-0.15, -0.1) is 70.9 Å². The van der Waals surface area contributed by atoms with Gasteiger partial charge in [-0.3, -0.25) is 0 Å². The molecule has 0 saturated heterocycles. The van der Waals surface area contributed by atoms with Gasteiger partial charge in [0.05, 0.1) is 0 Å². The zero-order valence-corrected chi connectivity index (χ0v) is 22.7. The minimum Gasteiger partial charge on any atom is -0.304 e. The smallest absolute Gasteiger partial charge is 0.0291 e. The Morgan fingerprint density at radius 1 is 0.806 bits per heavy atom. The Balaban J connectivity index is 0.000000167. The zero-order chi connectivity index (χ0) is 24.0. The molecule has 0 atom stereocenters. The molecule has 0 unspecified atom stereocenters. The van der Waals surface area contributed by atoms with Crippen LogP contribution in [0.2, 0.25) is 0 Å². The number of nitrogens with zero attached hydrogens (tertiary/aromatic N) is 2. The number of allylic oxidation sites excluding steroid dienone is 4. The van der Waals surface area contributed by atoms with Crippen molar-refractivity contribution < 1.29 is 20.1 Å². The van der Waals surface area contributed by atoms with Crippen molar-refractivity contribution in [2.45, 2.75) is 6.92 Å². The van der Waals surface area contributed by atoms with E-state index in [1.54, 1.807) is 0 Å². The van der Waals surface area contributed by atoms with Crippen LogP contribution in [0, 0.1) is 25.0 Å². The van der Waals surface area contributed by atoms with Crippen molar-refractivity contribution in [3.63, 3.8) is 0 Å². The SMILES string of the molecule is CN=C(c1c(C)ccc2ccc[c-]c12)C1C=CC=C1.[Ir].[c-]1ccccc1-c1nccc2ccccc12. The van der Waals surface area contributed by atoms with E-state index in [-0.39, 0.29) is 26.0 Å². The van der Waals surface area contributed by atoms with E-state index in [2.05, 4.69) is 83.7 Å². The van der Waals surface area contributed by atoms with E-state index in [9.17, 15) is 0 Å². The molecule has 4 aromatic carbocycles. The van der Waals surface area contributed by atoms with Crippen molar-refractivity contribution in [2.24, 2.45) is 10.9 Å². The van der Waals surface area contributed by atoms with Crippen LogP contribution < -0.4 is 0 Å². The molecule has 1 aliphatic carbocycles. The first-order chi connectivity index (χ1) is 17.3. The molecule has 0 bridgehead atoms. The molecule has 0 spiro atoms. The minimum absolute atomic E-state index is 0. The third kappa shape index (κ3) is 5.28. The Morgan fingerprint density at radius 2 is 1.56 bits per heavy atom. The predicted octanol–water partition coefficient (Wildman–Crippen LogP) is 7.81. The summed E-state index contributed by atoms with van der Waals surface area (Å²) in [6, 6.07) is 35.3. The van der Waals surface area contributed by atoms with E-state index < -0.39 is 0 Å². The van der Waals surface area contributed by atoms with E-state index in [4.69, 9.17) is 0 Å². The molecule has 0 fully saturated rings. The van der Waals surface area contributed by atoms with Crippen LogP contribution in [0.5, 0.6) is 0 Å². The molecule has 1 heterocycles. The van der Waals surface area contributed by atoms with Crippen molar-refractivity contribution in [1.29, 1.82) is 0 Å². The first-order valence-electron chi connectivity index (χ1n) is 11.8. The van der Waals surface area contributed by atoms with Crippen LogP contribution in [-0.2, 0) is 20.1 Å². The molecular weight excluding hydrogens is 617 g/mol. The van der Waals surface area contributed by atoms with Gasteiger partial charge < -0.3 is 9.98 Å². The fourth-order valence-electron chi connectivity index (χ4n) is 4.55. The van der Waals surface area contributed by atoms with Crippen molar-refractivity contribution in [2.75, 3.05) is 7.05 Å². The molecule has 0 amide bonds. The number of aromatic nitrogens is 1. The molecule has 0 saturated carbocycles. The molecule has 6 rings (SSSR count). The van der Waals surface area contributed by atoms with Gasteiger partial charge in [0.1, 0.15) is 0 Å². The van der Waals surface area contributed by atoms with Gasteiger partial charge in [0, 0.05) is 45.0 Å². The first kappa shape index (κ1) is 25.4. The maximum Gasteiger partial charge on any atom is 0.0291 e. The van der Waals surface area contributed by atoms with Crippen molar-refractivity contribution >= 4 is 27.3 Å². The summed E-state index contributed by atoms with van der Waals surface area (Å²) in [5.74, 6) is 0.280. The molecule has 36 heavy (non-hydrogen) atoms. The Kier molecular flexibility index (Phi) is 8.38. The molecule has 1 aliphatic rings. The van der Waals surface area contributed by atoms with E-state index in [1.165, 1.54) is 27.3 Å². The van der Waals surface area contributed by atoms with Crippen molar-refractivity contribution in [3.05, 3.63) is 139 Å². The Hall–Kier alpha value is -3.65. The number of aliphatic imine (C=N–C) groups is 1. The van der Waals surface area contributed by atoms with Gasteiger partial charge in [0.2, 0.25) is 0 Å². The molecule has 3 heteroatoms. The van der Waals surface area contributed by atoms with Crippen molar-refractivity contribution in [1.82, 2.24) is 4.98 Å². The summed E-state index contributed by atoms with van der Waals surface area (Å²) in [6.45, 7) is 2.14. The number of aryl methyl sites for hydroxylation is 1. The summed E-state index contributed by atoms with van der Waals surface area (Å²) in [5, 5.41) is 4.77. The second-order valence-electron chi connectivity index (χ2n) is 8.45. The van der Waals surface area contributed by atoms with Crippen molar-refractivity contribution in [3.8, 4) is 11.3 Å². The predicted molar refractivity (Wildman–Crippen MR) is 148 cm³/mol. The Labute approximate surface area is 226 Å². The van der Waals surface area contributed by atoms with Crippen LogP contribution in [0.3, 0.4) is 0 Å². The Morgan fingerprint density at radius 3 is 2.33 bits per heavy atom. The third-order valence-corrected chi connectivity index (χ3v) is 6.24. The fourth-order valence-corrected chi connectivity index (χ4v) is 4.55. The summed E-state index contributed by atoms with van der Waals surface area (Å²) >= 11 is 0. The molecule has 5 aromatic rings. The van der Waals surface area contributed by atoms with Gasteiger partial charge in [0.25, 0.3) is 0 Å². The number of hydrogen-bond acceptors (Lipinski definition) is 2. The molecular formula is C33H26IrN2-2. The van der Waals surface area contributed by atoms with Crippen LogP contribution in [0.15, 0.2) is 120 Å². The molecule has 1 radical (unpaired) electrons. The average molecular weight is 643 g/mol. The van der Waals surface area contributed by atoms with Crippen LogP contribution in [0.1, 0.15) is 11.1 Å². The van der Waals surface area contributed by atoms with E-state index in [0.717, 1.165) is 22.4 Å². The molecule has 0 aliphatic heterocycles. The number of rotatable bonds is 3. The molecule has 1 aromatic heterocycles. The third-order valence-electron chi connectivity index (χ3n) is 6.24. The maximum absolute atomic E-state index is 4.55. The van der Waals surface area contributed by atoms with E-state index in [0.29, 0.717) is 0 Å². The summed E-state index contributed by atoms with van der Waals surface area (Å²) in [6.07, 6.45) is 10.4. The molecule has 0 N–H and O–H groups in total. The van der Waals surface area contributed by atoms with Gasteiger partial charge in [-0.05, 0) is 29.5 Å². The first-order valence-corrected chi connectivity index (χ1v) is 11.8. The minimum atomic E-state index is 0. The van der Waals surface area contributed by atoms with Gasteiger partial charge in [-0.2, -0.15) is 0 Å². The summed E-state index contributed by atoms with van der Waals surface area (Å²) in [7, 11) is 1.87. The fraction of sp³-hybridized carbons (Fsp3) is 0.0909. The normalized spacial score (nSPS) is 12.9. The van der Waals surface area contributed by atoms with Crippen LogP contribution in [0.4, 0.5) is 0 Å². The monoisotopic (exact) mass is 643 g/mol. The molecule has 2 nitrogen and oxygen atoms in total. The number of pyridine rings is 1. The summed E-state index contributed by atoms with van der Waals surface area (Å²) in [4.78, 5) is 8.99. The van der Waals surface area contributed by atoms with Gasteiger partial charge >= 0.3 is 0 Å². The Bertz CT molecular complexity index is 1550. The number of hydrogen-bond donors (Lipinski definition) is 0. The molecule has 179 valence electrons.